The summed E-state index contributed by atoms with van der Waals surface area (Å²) in [5.74, 6) is 0. The van der Waals surface area contributed by atoms with Crippen molar-refractivity contribution >= 4 is 16.8 Å². The lowest BCUT2D eigenvalue weighted by molar-refractivity contribution is -0.111. The second-order valence-electron chi connectivity index (χ2n) is 9.24. The van der Waals surface area contributed by atoms with E-state index >= 15 is 0 Å². The van der Waals surface area contributed by atoms with Gasteiger partial charge in [-0.05, 0) is 18.0 Å². The topological polar surface area (TPSA) is 17.1 Å². The van der Waals surface area contributed by atoms with E-state index in [-0.39, 0.29) is 5.24 Å². The van der Waals surface area contributed by atoms with E-state index in [9.17, 15) is 4.79 Å². The molecule has 0 aliphatic heterocycles. The lowest BCUT2D eigenvalue weighted by Gasteiger charge is -2.04. The normalized spacial score (nSPS) is 11.2. The summed E-state index contributed by atoms with van der Waals surface area (Å²) in [5, 5.41) is -0.177. The Hall–Kier alpha value is -0.0400. The van der Waals surface area contributed by atoms with Crippen LogP contribution in [0.2, 0.25) is 0 Å². The highest BCUT2D eigenvalue weighted by molar-refractivity contribution is 6.63. The average Bonchev–Trinajstić information content (AvgIpc) is 2.71. The van der Waals surface area contributed by atoms with Crippen LogP contribution in [0.4, 0.5) is 0 Å². The van der Waals surface area contributed by atoms with Crippen molar-refractivity contribution in [2.75, 3.05) is 0 Å². The Morgan fingerprint density at radius 3 is 0.828 bits per heavy atom. The Labute approximate surface area is 189 Å². The Bertz CT molecular complexity index is 316. The van der Waals surface area contributed by atoms with Crippen LogP contribution in [0.25, 0.3) is 0 Å². The van der Waals surface area contributed by atoms with Crippen molar-refractivity contribution in [3.8, 4) is 0 Å². The molecule has 2 heteroatoms. The number of carbonyl (C=O) groups is 1. The molecule has 0 atom stereocenters. The molecule has 0 radical (unpaired) electrons. The van der Waals surface area contributed by atoms with Gasteiger partial charge in [-0.15, -0.1) is 0 Å². The summed E-state index contributed by atoms with van der Waals surface area (Å²) < 4.78 is 0. The second-order valence-corrected chi connectivity index (χ2v) is 9.66. The van der Waals surface area contributed by atoms with Gasteiger partial charge in [0, 0.05) is 6.42 Å². The fourth-order valence-corrected chi connectivity index (χ4v) is 4.36. The minimum Gasteiger partial charge on any atom is -0.281 e. The van der Waals surface area contributed by atoms with E-state index in [1.807, 2.05) is 0 Å². The van der Waals surface area contributed by atoms with Crippen LogP contribution < -0.4 is 0 Å². The smallest absolute Gasteiger partial charge is 0.221 e. The van der Waals surface area contributed by atoms with Crippen molar-refractivity contribution in [1.82, 2.24) is 0 Å². The number of carbonyl (C=O) groups excluding carboxylic acids is 1. The number of rotatable bonds is 25. The van der Waals surface area contributed by atoms with Crippen molar-refractivity contribution in [3.05, 3.63) is 0 Å². The Morgan fingerprint density at radius 2 is 0.621 bits per heavy atom. The van der Waals surface area contributed by atoms with Gasteiger partial charge in [0.15, 0.2) is 0 Å². The minimum absolute atomic E-state index is 0.177. The molecule has 0 heterocycles. The molecule has 0 amide bonds. The molecule has 0 rings (SSSR count). The molecular weight excluding hydrogens is 376 g/mol. The fourth-order valence-electron chi connectivity index (χ4n) is 4.23. The Balaban J connectivity index is 2.99. The van der Waals surface area contributed by atoms with Crippen LogP contribution in [0, 0.1) is 0 Å². The molecule has 1 nitrogen and oxygen atoms in total. The van der Waals surface area contributed by atoms with Crippen molar-refractivity contribution < 1.29 is 4.79 Å². The zero-order chi connectivity index (χ0) is 21.3. The van der Waals surface area contributed by atoms with Gasteiger partial charge in [0.05, 0.1) is 0 Å². The molecule has 174 valence electrons. The van der Waals surface area contributed by atoms with Crippen molar-refractivity contribution in [2.24, 2.45) is 0 Å². The maximum Gasteiger partial charge on any atom is 0.221 e. The standard InChI is InChI=1S/C27H53ClO/c1-2-3-4-5-6-7-8-9-10-11-12-13-14-15-16-17-18-19-20-21-22-23-24-25-26-27(28)29/h2-26H2,1H3. The molecule has 0 spiro atoms. The average molecular weight is 429 g/mol. The monoisotopic (exact) mass is 428 g/mol. The molecule has 0 aromatic rings. The lowest BCUT2D eigenvalue weighted by atomic mass is 10.0. The van der Waals surface area contributed by atoms with E-state index in [0.29, 0.717) is 6.42 Å². The summed E-state index contributed by atoms with van der Waals surface area (Å²) in [6.45, 7) is 2.29. The van der Waals surface area contributed by atoms with Crippen molar-refractivity contribution in [3.63, 3.8) is 0 Å². The Morgan fingerprint density at radius 1 is 0.414 bits per heavy atom. The zero-order valence-electron chi connectivity index (χ0n) is 20.0. The van der Waals surface area contributed by atoms with E-state index in [1.54, 1.807) is 0 Å². The third kappa shape index (κ3) is 28.0. The first-order chi connectivity index (χ1) is 14.3. The van der Waals surface area contributed by atoms with Crippen LogP contribution >= 0.6 is 11.6 Å². The van der Waals surface area contributed by atoms with Crippen LogP contribution in [-0.2, 0) is 4.79 Å². The predicted octanol–water partition coefficient (Wildman–Crippen LogP) is 10.5. The van der Waals surface area contributed by atoms with Crippen LogP contribution in [-0.4, -0.2) is 5.24 Å². The van der Waals surface area contributed by atoms with E-state index in [0.717, 1.165) is 12.8 Å². The molecule has 0 aliphatic rings. The molecule has 0 aromatic carbocycles. The summed E-state index contributed by atoms with van der Waals surface area (Å²) >= 11 is 5.34. The molecule has 0 saturated carbocycles. The first kappa shape index (κ1) is 29.0. The molecule has 0 fully saturated rings. The molecule has 0 N–H and O–H groups in total. The van der Waals surface area contributed by atoms with E-state index < -0.39 is 0 Å². The highest BCUT2D eigenvalue weighted by atomic mass is 35.5. The lowest BCUT2D eigenvalue weighted by Crippen LogP contribution is -1.86. The quantitative estimate of drug-likeness (QED) is 0.104. The van der Waals surface area contributed by atoms with Crippen LogP contribution in [0.5, 0.6) is 0 Å². The number of halogens is 1. The van der Waals surface area contributed by atoms with E-state index in [4.69, 9.17) is 11.6 Å². The molecule has 0 saturated heterocycles. The summed E-state index contributed by atoms with van der Waals surface area (Å²) in [5.41, 5.74) is 0. The second kappa shape index (κ2) is 26.0. The van der Waals surface area contributed by atoms with Crippen LogP contribution in [0.15, 0.2) is 0 Å². The summed E-state index contributed by atoms with van der Waals surface area (Å²) in [6, 6.07) is 0. The summed E-state index contributed by atoms with van der Waals surface area (Å²) in [4.78, 5) is 10.6. The summed E-state index contributed by atoms with van der Waals surface area (Å²) in [6.07, 6.45) is 34.2. The maximum absolute atomic E-state index is 10.6. The van der Waals surface area contributed by atoms with Gasteiger partial charge < -0.3 is 0 Å². The van der Waals surface area contributed by atoms with Crippen LogP contribution in [0.1, 0.15) is 167 Å². The predicted molar refractivity (Wildman–Crippen MR) is 132 cm³/mol. The third-order valence-corrected chi connectivity index (χ3v) is 6.42. The largest absolute Gasteiger partial charge is 0.281 e. The maximum atomic E-state index is 10.6. The third-order valence-electron chi connectivity index (χ3n) is 6.23. The van der Waals surface area contributed by atoms with Gasteiger partial charge in [-0.2, -0.15) is 0 Å². The molecule has 29 heavy (non-hydrogen) atoms. The number of unbranched alkanes of at least 4 members (excludes halogenated alkanes) is 23. The molecular formula is C27H53ClO. The molecule has 0 bridgehead atoms. The molecule has 0 unspecified atom stereocenters. The van der Waals surface area contributed by atoms with E-state index in [2.05, 4.69) is 6.92 Å². The van der Waals surface area contributed by atoms with Gasteiger partial charge in [-0.25, -0.2) is 0 Å². The highest BCUT2D eigenvalue weighted by Crippen LogP contribution is 2.15. The van der Waals surface area contributed by atoms with Crippen molar-refractivity contribution in [2.45, 2.75) is 167 Å². The minimum atomic E-state index is -0.177. The summed E-state index contributed by atoms with van der Waals surface area (Å²) in [7, 11) is 0. The first-order valence-electron chi connectivity index (χ1n) is 13.5. The van der Waals surface area contributed by atoms with Crippen LogP contribution in [0.3, 0.4) is 0 Å². The molecule has 0 aliphatic carbocycles. The van der Waals surface area contributed by atoms with Gasteiger partial charge in [-0.1, -0.05) is 155 Å². The van der Waals surface area contributed by atoms with Gasteiger partial charge in [0.2, 0.25) is 5.24 Å². The SMILES string of the molecule is CCCCCCCCCCCCCCCCCCCCCCCCCCC(=O)Cl. The Kier molecular flexibility index (Phi) is 26.0. The fraction of sp³-hybridized carbons (Fsp3) is 0.963. The number of hydrogen-bond acceptors (Lipinski definition) is 1. The van der Waals surface area contributed by atoms with E-state index in [1.165, 1.54) is 141 Å². The van der Waals surface area contributed by atoms with Gasteiger partial charge >= 0.3 is 0 Å². The number of hydrogen-bond donors (Lipinski definition) is 0. The highest BCUT2D eigenvalue weighted by Gasteiger charge is 1.97. The zero-order valence-corrected chi connectivity index (χ0v) is 20.7. The van der Waals surface area contributed by atoms with Crippen molar-refractivity contribution in [1.29, 1.82) is 0 Å². The van der Waals surface area contributed by atoms with Gasteiger partial charge in [0.1, 0.15) is 0 Å². The van der Waals surface area contributed by atoms with Gasteiger partial charge in [-0.3, -0.25) is 4.79 Å². The van der Waals surface area contributed by atoms with Gasteiger partial charge in [0.25, 0.3) is 0 Å². The molecule has 0 aromatic heterocycles. The first-order valence-corrected chi connectivity index (χ1v) is 13.8.